The SMILES string of the molecule is CCC(C)Sc1ccc(NC(=O)CC(C)N)c(C)c1.Cl. The third-order valence-electron chi connectivity index (χ3n) is 2.89. The lowest BCUT2D eigenvalue weighted by atomic mass is 10.2. The van der Waals surface area contributed by atoms with Crippen LogP contribution >= 0.6 is 24.2 Å². The molecule has 0 aliphatic carbocycles. The second-order valence-corrected chi connectivity index (χ2v) is 6.55. The highest BCUT2D eigenvalue weighted by Gasteiger charge is 2.08. The fourth-order valence-corrected chi connectivity index (χ4v) is 2.68. The number of carbonyl (C=O) groups is 1. The Labute approximate surface area is 132 Å². The quantitative estimate of drug-likeness (QED) is 0.780. The lowest BCUT2D eigenvalue weighted by Crippen LogP contribution is -2.24. The second kappa shape index (κ2) is 9.27. The molecule has 0 fully saturated rings. The van der Waals surface area contributed by atoms with Gasteiger partial charge >= 0.3 is 0 Å². The van der Waals surface area contributed by atoms with E-state index in [1.165, 1.54) is 4.90 Å². The molecule has 1 aromatic rings. The van der Waals surface area contributed by atoms with Crippen LogP contribution in [-0.2, 0) is 4.79 Å². The number of thioether (sulfide) groups is 1. The summed E-state index contributed by atoms with van der Waals surface area (Å²) < 4.78 is 0. The van der Waals surface area contributed by atoms with Crippen LogP contribution in [0.1, 0.15) is 39.2 Å². The number of amides is 1. The average Bonchev–Trinajstić information content (AvgIpc) is 2.31. The van der Waals surface area contributed by atoms with Crippen molar-refractivity contribution in [2.75, 3.05) is 5.32 Å². The zero-order chi connectivity index (χ0) is 14.4. The van der Waals surface area contributed by atoms with Gasteiger partial charge in [0.15, 0.2) is 0 Å². The molecule has 0 heterocycles. The highest BCUT2D eigenvalue weighted by molar-refractivity contribution is 7.99. The van der Waals surface area contributed by atoms with Gasteiger partial charge in [0.2, 0.25) is 5.91 Å². The van der Waals surface area contributed by atoms with Crippen molar-refractivity contribution in [2.45, 2.75) is 56.7 Å². The summed E-state index contributed by atoms with van der Waals surface area (Å²) in [5.74, 6) is -0.0274. The Morgan fingerprint density at radius 1 is 1.40 bits per heavy atom. The fourth-order valence-electron chi connectivity index (χ4n) is 1.66. The molecule has 0 aromatic heterocycles. The summed E-state index contributed by atoms with van der Waals surface area (Å²) >= 11 is 1.86. The first-order valence-corrected chi connectivity index (χ1v) is 7.63. The van der Waals surface area contributed by atoms with Crippen molar-refractivity contribution in [1.29, 1.82) is 0 Å². The molecular formula is C15H25ClN2OS. The van der Waals surface area contributed by atoms with E-state index in [9.17, 15) is 4.79 Å². The van der Waals surface area contributed by atoms with Gasteiger partial charge in [0.05, 0.1) is 0 Å². The number of nitrogens with two attached hydrogens (primary N) is 1. The molecule has 1 aromatic carbocycles. The van der Waals surface area contributed by atoms with Crippen LogP contribution in [0, 0.1) is 6.92 Å². The van der Waals surface area contributed by atoms with E-state index in [2.05, 4.69) is 31.3 Å². The number of carbonyl (C=O) groups excluding carboxylic acids is 1. The van der Waals surface area contributed by atoms with Crippen molar-refractivity contribution in [3.63, 3.8) is 0 Å². The molecular weight excluding hydrogens is 292 g/mol. The first kappa shape index (κ1) is 19.3. The summed E-state index contributed by atoms with van der Waals surface area (Å²) in [5, 5.41) is 3.52. The van der Waals surface area contributed by atoms with Crippen molar-refractivity contribution < 1.29 is 4.79 Å². The van der Waals surface area contributed by atoms with E-state index >= 15 is 0 Å². The first-order valence-electron chi connectivity index (χ1n) is 6.75. The van der Waals surface area contributed by atoms with Gasteiger partial charge in [-0.2, -0.15) is 0 Å². The number of anilines is 1. The number of benzene rings is 1. The standard InChI is InChI=1S/C15H24N2OS.ClH/c1-5-12(4)19-13-6-7-14(10(2)8-13)17-15(18)9-11(3)16;/h6-8,11-12H,5,9,16H2,1-4H3,(H,17,18);1H. The lowest BCUT2D eigenvalue weighted by molar-refractivity contribution is -0.116. The first-order chi connectivity index (χ1) is 8.92. The van der Waals surface area contributed by atoms with Gasteiger partial charge in [0.25, 0.3) is 0 Å². The van der Waals surface area contributed by atoms with Crippen molar-refractivity contribution in [3.8, 4) is 0 Å². The van der Waals surface area contributed by atoms with Crippen molar-refractivity contribution in [1.82, 2.24) is 0 Å². The predicted octanol–water partition coefficient (Wildman–Crippen LogP) is 3.98. The Morgan fingerprint density at radius 2 is 2.05 bits per heavy atom. The molecule has 20 heavy (non-hydrogen) atoms. The molecule has 114 valence electrons. The van der Waals surface area contributed by atoms with Crippen LogP contribution in [0.5, 0.6) is 0 Å². The molecule has 1 rings (SSSR count). The summed E-state index contributed by atoms with van der Waals surface area (Å²) in [6.07, 6.45) is 1.50. The molecule has 2 unspecified atom stereocenters. The van der Waals surface area contributed by atoms with Crippen LogP contribution in [0.2, 0.25) is 0 Å². The molecule has 5 heteroatoms. The molecule has 3 N–H and O–H groups in total. The monoisotopic (exact) mass is 316 g/mol. The van der Waals surface area contributed by atoms with Crippen molar-refractivity contribution in [3.05, 3.63) is 23.8 Å². The maximum absolute atomic E-state index is 11.7. The van der Waals surface area contributed by atoms with Crippen LogP contribution in [0.15, 0.2) is 23.1 Å². The van der Waals surface area contributed by atoms with Gasteiger partial charge in [-0.05, 0) is 44.0 Å². The second-order valence-electron chi connectivity index (χ2n) is 5.04. The van der Waals surface area contributed by atoms with E-state index in [-0.39, 0.29) is 24.4 Å². The number of hydrogen-bond donors (Lipinski definition) is 2. The molecule has 0 bridgehead atoms. The Hall–Kier alpha value is -0.710. The summed E-state index contributed by atoms with van der Waals surface area (Å²) in [6, 6.07) is 6.04. The van der Waals surface area contributed by atoms with E-state index < -0.39 is 0 Å². The minimum Gasteiger partial charge on any atom is -0.327 e. The fraction of sp³-hybridized carbons (Fsp3) is 0.533. The van der Waals surface area contributed by atoms with Gasteiger partial charge in [0.1, 0.15) is 0 Å². The lowest BCUT2D eigenvalue weighted by Gasteiger charge is -2.13. The molecule has 2 atom stereocenters. The van der Waals surface area contributed by atoms with E-state index in [0.717, 1.165) is 17.7 Å². The normalized spacial score (nSPS) is 13.2. The molecule has 0 aliphatic rings. The molecule has 0 radical (unpaired) electrons. The maximum Gasteiger partial charge on any atom is 0.225 e. The van der Waals surface area contributed by atoms with Gasteiger partial charge in [0, 0.05) is 28.3 Å². The minimum atomic E-state index is -0.111. The molecule has 0 saturated carbocycles. The number of nitrogens with one attached hydrogen (secondary N) is 1. The van der Waals surface area contributed by atoms with Crippen LogP contribution in [-0.4, -0.2) is 17.2 Å². The minimum absolute atomic E-state index is 0. The Morgan fingerprint density at radius 3 is 2.55 bits per heavy atom. The summed E-state index contributed by atoms with van der Waals surface area (Å²) in [5.41, 5.74) is 7.58. The van der Waals surface area contributed by atoms with Crippen LogP contribution in [0.3, 0.4) is 0 Å². The molecule has 1 amide bonds. The molecule has 0 aliphatic heterocycles. The van der Waals surface area contributed by atoms with Gasteiger partial charge < -0.3 is 11.1 Å². The zero-order valence-corrected chi connectivity index (χ0v) is 14.2. The third-order valence-corrected chi connectivity index (χ3v) is 4.15. The van der Waals surface area contributed by atoms with Gasteiger partial charge in [-0.3, -0.25) is 4.79 Å². The maximum atomic E-state index is 11.7. The Balaban J connectivity index is 0.00000361. The van der Waals surface area contributed by atoms with E-state index in [1.54, 1.807) is 0 Å². The van der Waals surface area contributed by atoms with E-state index in [0.29, 0.717) is 11.7 Å². The third kappa shape index (κ3) is 6.64. The number of halogens is 1. The summed E-state index contributed by atoms with van der Waals surface area (Å²) in [6.45, 7) is 8.26. The van der Waals surface area contributed by atoms with Gasteiger partial charge in [-0.25, -0.2) is 0 Å². The molecule has 3 nitrogen and oxygen atoms in total. The smallest absolute Gasteiger partial charge is 0.225 e. The Bertz CT molecular complexity index is 438. The summed E-state index contributed by atoms with van der Waals surface area (Å²) in [7, 11) is 0. The predicted molar refractivity (Wildman–Crippen MR) is 90.9 cm³/mol. The highest BCUT2D eigenvalue weighted by Crippen LogP contribution is 2.28. The van der Waals surface area contributed by atoms with E-state index in [4.69, 9.17) is 5.73 Å². The van der Waals surface area contributed by atoms with Crippen LogP contribution in [0.25, 0.3) is 0 Å². The molecule has 0 saturated heterocycles. The molecule has 0 spiro atoms. The van der Waals surface area contributed by atoms with E-state index in [1.807, 2.05) is 31.7 Å². The topological polar surface area (TPSA) is 55.1 Å². The average molecular weight is 317 g/mol. The highest BCUT2D eigenvalue weighted by atomic mass is 35.5. The van der Waals surface area contributed by atoms with Crippen molar-refractivity contribution >= 4 is 35.8 Å². The van der Waals surface area contributed by atoms with Gasteiger partial charge in [-0.1, -0.05) is 13.8 Å². The van der Waals surface area contributed by atoms with Crippen LogP contribution < -0.4 is 11.1 Å². The number of aryl methyl sites for hydroxylation is 1. The number of rotatable bonds is 6. The zero-order valence-electron chi connectivity index (χ0n) is 12.6. The summed E-state index contributed by atoms with van der Waals surface area (Å²) in [4.78, 5) is 12.9. The number of hydrogen-bond acceptors (Lipinski definition) is 3. The Kier molecular flexibility index (Phi) is 8.94. The van der Waals surface area contributed by atoms with Gasteiger partial charge in [-0.15, -0.1) is 24.2 Å². The van der Waals surface area contributed by atoms with Crippen LogP contribution in [0.4, 0.5) is 5.69 Å². The van der Waals surface area contributed by atoms with Crippen molar-refractivity contribution in [2.24, 2.45) is 5.73 Å². The largest absolute Gasteiger partial charge is 0.327 e.